The molecular weight excluding hydrogens is 549 g/mol. The molecule has 0 unspecified atom stereocenters. The smallest absolute Gasteiger partial charge is 0.100 e. The molecule has 0 amide bonds. The average Bonchev–Trinajstić information content (AvgIpc) is 3.61. The summed E-state index contributed by atoms with van der Waals surface area (Å²) in [5.74, 6) is 0. The van der Waals surface area contributed by atoms with Gasteiger partial charge in [-0.25, -0.2) is 0 Å². The van der Waals surface area contributed by atoms with E-state index in [0.717, 1.165) is 32.5 Å². The van der Waals surface area contributed by atoms with Crippen LogP contribution in [0.3, 0.4) is 0 Å². The Labute approximate surface area is 250 Å². The van der Waals surface area contributed by atoms with Crippen molar-refractivity contribution in [3.05, 3.63) is 132 Å². The Bertz CT molecular complexity index is 2430. The fraction of sp³-hybridized carbons (Fsp3) is 0. The number of nitrogens with zero attached hydrogens (tertiary/aromatic N) is 2. The highest BCUT2D eigenvalue weighted by molar-refractivity contribution is 7.26. The van der Waals surface area contributed by atoms with Crippen LogP contribution in [-0.4, -0.2) is 0 Å². The zero-order valence-corrected chi connectivity index (χ0v) is 23.9. The van der Waals surface area contributed by atoms with E-state index in [4.69, 9.17) is 0 Å². The van der Waals surface area contributed by atoms with Gasteiger partial charge in [0.05, 0.1) is 11.1 Å². The third-order valence-electron chi connectivity index (χ3n) is 7.99. The number of thiophene rings is 2. The molecule has 2 aromatic heterocycles. The molecule has 2 heterocycles. The van der Waals surface area contributed by atoms with Gasteiger partial charge in [-0.15, -0.1) is 22.7 Å². The van der Waals surface area contributed by atoms with Crippen LogP contribution < -0.4 is 0 Å². The minimum atomic E-state index is 0.518. The van der Waals surface area contributed by atoms with Crippen molar-refractivity contribution in [2.75, 3.05) is 0 Å². The van der Waals surface area contributed by atoms with E-state index in [1.54, 1.807) is 22.7 Å². The van der Waals surface area contributed by atoms with Gasteiger partial charge in [-0.2, -0.15) is 10.5 Å². The second-order valence-corrected chi connectivity index (χ2v) is 12.5. The fourth-order valence-corrected chi connectivity index (χ4v) is 8.28. The Morgan fingerprint density at radius 1 is 0.405 bits per heavy atom. The highest BCUT2D eigenvalue weighted by atomic mass is 32.1. The summed E-state index contributed by atoms with van der Waals surface area (Å²) in [5, 5.41) is 26.1. The standard InChI is InChI=1S/C38H20N2S2/c39-21-32-29(23-8-2-1-3-9-23)20-30(24-15-17-36-31(18-24)27-11-5-7-13-35(27)41-36)33(22-40)38(32)25-14-16-28-26-10-4-6-12-34(26)42-37(28)19-25/h1-20H. The lowest BCUT2D eigenvalue weighted by Crippen LogP contribution is -1.98. The van der Waals surface area contributed by atoms with Gasteiger partial charge in [-0.1, -0.05) is 84.9 Å². The lowest BCUT2D eigenvalue weighted by molar-refractivity contribution is 1.43. The zero-order chi connectivity index (χ0) is 28.2. The fourth-order valence-electron chi connectivity index (χ4n) is 6.05. The quantitative estimate of drug-likeness (QED) is 0.213. The summed E-state index contributed by atoms with van der Waals surface area (Å²) in [4.78, 5) is 0. The van der Waals surface area contributed by atoms with Crippen LogP contribution >= 0.6 is 22.7 Å². The van der Waals surface area contributed by atoms with Crippen LogP contribution in [0.5, 0.6) is 0 Å². The number of hydrogen-bond acceptors (Lipinski definition) is 4. The van der Waals surface area contributed by atoms with Crippen molar-refractivity contribution in [3.63, 3.8) is 0 Å². The van der Waals surface area contributed by atoms with Crippen LogP contribution in [0.1, 0.15) is 11.1 Å². The van der Waals surface area contributed by atoms with Crippen molar-refractivity contribution in [3.8, 4) is 45.5 Å². The Morgan fingerprint density at radius 2 is 0.952 bits per heavy atom. The molecule has 0 N–H and O–H groups in total. The van der Waals surface area contributed by atoms with Crippen LogP contribution in [0.15, 0.2) is 121 Å². The van der Waals surface area contributed by atoms with E-state index < -0.39 is 0 Å². The summed E-state index contributed by atoms with van der Waals surface area (Å²) in [6, 6.07) is 46.7. The molecule has 0 atom stereocenters. The largest absolute Gasteiger partial charge is 0.192 e. The van der Waals surface area contributed by atoms with E-state index in [9.17, 15) is 10.5 Å². The molecule has 8 rings (SSSR count). The van der Waals surface area contributed by atoms with Crippen LogP contribution in [0, 0.1) is 22.7 Å². The molecule has 0 aliphatic rings. The summed E-state index contributed by atoms with van der Waals surface area (Å²) in [6.45, 7) is 0. The first-order chi connectivity index (χ1) is 20.7. The molecule has 0 aliphatic heterocycles. The first-order valence-corrected chi connectivity index (χ1v) is 15.3. The van der Waals surface area contributed by atoms with Gasteiger partial charge in [-0.05, 0) is 53.1 Å². The summed E-state index contributed by atoms with van der Waals surface area (Å²) >= 11 is 3.51. The molecule has 0 aliphatic carbocycles. The van der Waals surface area contributed by atoms with Gasteiger partial charge in [0.2, 0.25) is 0 Å². The maximum absolute atomic E-state index is 10.7. The van der Waals surface area contributed by atoms with E-state index in [1.807, 2.05) is 36.4 Å². The van der Waals surface area contributed by atoms with Crippen molar-refractivity contribution in [2.45, 2.75) is 0 Å². The number of rotatable bonds is 3. The summed E-state index contributed by atoms with van der Waals surface area (Å²) in [6.07, 6.45) is 0. The van der Waals surface area contributed by atoms with Gasteiger partial charge in [0.1, 0.15) is 12.1 Å². The highest BCUT2D eigenvalue weighted by Gasteiger charge is 2.22. The Hall–Kier alpha value is -5.26. The number of hydrogen-bond donors (Lipinski definition) is 0. The van der Waals surface area contributed by atoms with Crippen molar-refractivity contribution in [1.82, 2.24) is 0 Å². The van der Waals surface area contributed by atoms with E-state index in [0.29, 0.717) is 16.7 Å². The van der Waals surface area contributed by atoms with Crippen LogP contribution in [-0.2, 0) is 0 Å². The van der Waals surface area contributed by atoms with Gasteiger partial charge < -0.3 is 0 Å². The predicted octanol–water partition coefficient (Wildman–Crippen LogP) is 11.2. The molecule has 0 spiro atoms. The summed E-state index contributed by atoms with van der Waals surface area (Å²) in [5.41, 5.74) is 6.18. The molecule has 42 heavy (non-hydrogen) atoms. The average molecular weight is 569 g/mol. The number of fused-ring (bicyclic) bond motifs is 6. The molecule has 0 saturated heterocycles. The Balaban J connectivity index is 1.45. The van der Waals surface area contributed by atoms with E-state index in [1.165, 1.54) is 35.6 Å². The monoisotopic (exact) mass is 568 g/mol. The second kappa shape index (κ2) is 9.68. The predicted molar refractivity (Wildman–Crippen MR) is 178 cm³/mol. The molecule has 0 fully saturated rings. The SMILES string of the molecule is N#Cc1c(-c2ccccc2)cc(-c2ccc3sc4ccccc4c3c2)c(C#N)c1-c1ccc2c(c1)sc1ccccc12. The lowest BCUT2D eigenvalue weighted by atomic mass is 9.84. The van der Waals surface area contributed by atoms with Crippen molar-refractivity contribution in [1.29, 1.82) is 10.5 Å². The van der Waals surface area contributed by atoms with Gasteiger partial charge in [-0.3, -0.25) is 0 Å². The second-order valence-electron chi connectivity index (χ2n) is 10.3. The van der Waals surface area contributed by atoms with Crippen LogP contribution in [0.25, 0.3) is 73.7 Å². The third kappa shape index (κ3) is 3.75. The van der Waals surface area contributed by atoms with Gasteiger partial charge in [0.25, 0.3) is 0 Å². The molecule has 6 aromatic carbocycles. The lowest BCUT2D eigenvalue weighted by Gasteiger charge is -2.17. The molecule has 8 aromatic rings. The van der Waals surface area contributed by atoms with Crippen LogP contribution in [0.2, 0.25) is 0 Å². The minimum Gasteiger partial charge on any atom is -0.192 e. The van der Waals surface area contributed by atoms with Gasteiger partial charge >= 0.3 is 0 Å². The van der Waals surface area contributed by atoms with E-state index >= 15 is 0 Å². The highest BCUT2D eigenvalue weighted by Crippen LogP contribution is 2.44. The minimum absolute atomic E-state index is 0.518. The Kier molecular flexibility index (Phi) is 5.66. The summed E-state index contributed by atoms with van der Waals surface area (Å²) < 4.78 is 4.82. The first kappa shape index (κ1) is 24.5. The molecule has 0 saturated carbocycles. The van der Waals surface area contributed by atoms with E-state index in [2.05, 4.69) is 97.1 Å². The number of nitriles is 2. The number of benzene rings is 6. The molecule has 2 nitrogen and oxygen atoms in total. The zero-order valence-electron chi connectivity index (χ0n) is 22.3. The summed E-state index contributed by atoms with van der Waals surface area (Å²) in [7, 11) is 0. The van der Waals surface area contributed by atoms with Crippen molar-refractivity contribution >= 4 is 63.0 Å². The first-order valence-electron chi connectivity index (χ1n) is 13.6. The Morgan fingerprint density at radius 3 is 1.67 bits per heavy atom. The van der Waals surface area contributed by atoms with Crippen molar-refractivity contribution < 1.29 is 0 Å². The molecular formula is C38H20N2S2. The topological polar surface area (TPSA) is 47.6 Å². The van der Waals surface area contributed by atoms with Crippen molar-refractivity contribution in [2.24, 2.45) is 0 Å². The normalized spacial score (nSPS) is 11.3. The third-order valence-corrected chi connectivity index (χ3v) is 10.3. The molecule has 4 heteroatoms. The maximum atomic E-state index is 10.7. The van der Waals surface area contributed by atoms with Gasteiger partial charge in [0.15, 0.2) is 0 Å². The molecule has 194 valence electrons. The molecule has 0 bridgehead atoms. The van der Waals surface area contributed by atoms with Crippen LogP contribution in [0.4, 0.5) is 0 Å². The van der Waals surface area contributed by atoms with E-state index in [-0.39, 0.29) is 0 Å². The molecule has 0 radical (unpaired) electrons. The van der Waals surface area contributed by atoms with Gasteiger partial charge in [0, 0.05) is 57.0 Å². The maximum Gasteiger partial charge on any atom is 0.100 e.